The first-order chi connectivity index (χ1) is 9.40. The fourth-order valence-electron chi connectivity index (χ4n) is 2.15. The monoisotopic (exact) mass is 364 g/mol. The second-order valence-electron chi connectivity index (χ2n) is 4.55. The molecule has 0 radical (unpaired) electrons. The highest BCUT2D eigenvalue weighted by Crippen LogP contribution is 2.37. The predicted octanol–water partition coefficient (Wildman–Crippen LogP) is 1.19. The number of methoxy groups -OCH3 is 2. The molecule has 0 aliphatic carbocycles. The smallest absolute Gasteiger partial charge is 0.246 e. The van der Waals surface area contributed by atoms with E-state index in [0.29, 0.717) is 29.7 Å². The van der Waals surface area contributed by atoms with E-state index in [-0.39, 0.29) is 16.7 Å². The molecule has 1 heterocycles. The van der Waals surface area contributed by atoms with Crippen molar-refractivity contribution in [1.29, 1.82) is 0 Å². The van der Waals surface area contributed by atoms with Gasteiger partial charge in [-0.3, -0.25) is 0 Å². The minimum atomic E-state index is -3.62. The third kappa shape index (κ3) is 2.78. The van der Waals surface area contributed by atoms with Crippen LogP contribution in [0.3, 0.4) is 0 Å². The van der Waals surface area contributed by atoms with E-state index in [1.807, 2.05) is 0 Å². The zero-order valence-electron chi connectivity index (χ0n) is 11.3. The molecule has 20 heavy (non-hydrogen) atoms. The number of hydrogen-bond acceptors (Lipinski definition) is 5. The number of ether oxygens (including phenoxy) is 2. The van der Waals surface area contributed by atoms with Crippen LogP contribution in [0, 0.1) is 0 Å². The van der Waals surface area contributed by atoms with Crippen molar-refractivity contribution in [3.05, 3.63) is 16.6 Å². The van der Waals surface area contributed by atoms with Gasteiger partial charge in [0.15, 0.2) is 0 Å². The summed E-state index contributed by atoms with van der Waals surface area (Å²) in [5.74, 6) is 0.768. The number of halogens is 1. The van der Waals surface area contributed by atoms with Gasteiger partial charge in [-0.1, -0.05) is 0 Å². The lowest BCUT2D eigenvalue weighted by Gasteiger charge is -2.19. The summed E-state index contributed by atoms with van der Waals surface area (Å²) >= 11 is 3.30. The Hall–Kier alpha value is -0.830. The molecule has 0 aromatic heterocycles. The average Bonchev–Trinajstić information content (AvgIpc) is 2.85. The molecule has 0 bridgehead atoms. The standard InChI is InChI=1S/C12H17BrN2O4S/c1-18-10-6-11(19-2)12(5-9(10)13)20(16,17)15-4-3-8(14)7-15/h5-6,8H,3-4,7,14H2,1-2H3. The van der Waals surface area contributed by atoms with Gasteiger partial charge in [-0.25, -0.2) is 8.42 Å². The number of benzene rings is 1. The first kappa shape index (κ1) is 15.6. The molecule has 0 saturated carbocycles. The molecule has 0 amide bonds. The van der Waals surface area contributed by atoms with Gasteiger partial charge in [-0.15, -0.1) is 0 Å². The third-order valence-electron chi connectivity index (χ3n) is 3.24. The van der Waals surface area contributed by atoms with Crippen molar-refractivity contribution in [3.8, 4) is 11.5 Å². The van der Waals surface area contributed by atoms with Gasteiger partial charge >= 0.3 is 0 Å². The Balaban J connectivity index is 2.48. The molecule has 8 heteroatoms. The molecule has 1 aromatic carbocycles. The van der Waals surface area contributed by atoms with Crippen LogP contribution in [0.5, 0.6) is 11.5 Å². The first-order valence-electron chi connectivity index (χ1n) is 6.07. The highest BCUT2D eigenvalue weighted by Gasteiger charge is 2.33. The van der Waals surface area contributed by atoms with E-state index >= 15 is 0 Å². The van der Waals surface area contributed by atoms with Crippen molar-refractivity contribution in [2.24, 2.45) is 5.73 Å². The van der Waals surface area contributed by atoms with Gasteiger partial charge in [0, 0.05) is 25.2 Å². The molecule has 1 unspecified atom stereocenters. The van der Waals surface area contributed by atoms with E-state index in [0.717, 1.165) is 0 Å². The normalized spacial score (nSPS) is 20.1. The second kappa shape index (κ2) is 5.88. The summed E-state index contributed by atoms with van der Waals surface area (Å²) in [5.41, 5.74) is 5.78. The minimum Gasteiger partial charge on any atom is -0.495 e. The van der Waals surface area contributed by atoms with Crippen LogP contribution in [-0.2, 0) is 10.0 Å². The molecule has 6 nitrogen and oxygen atoms in total. The summed E-state index contributed by atoms with van der Waals surface area (Å²) in [6, 6.07) is 2.93. The molecule has 2 N–H and O–H groups in total. The zero-order valence-corrected chi connectivity index (χ0v) is 13.7. The van der Waals surface area contributed by atoms with Crippen molar-refractivity contribution >= 4 is 26.0 Å². The van der Waals surface area contributed by atoms with E-state index in [1.165, 1.54) is 24.6 Å². The lowest BCUT2D eigenvalue weighted by Crippen LogP contribution is -2.32. The van der Waals surface area contributed by atoms with E-state index in [9.17, 15) is 8.42 Å². The summed E-state index contributed by atoms with van der Waals surface area (Å²) in [4.78, 5) is 0.113. The Labute approximate surface area is 127 Å². The van der Waals surface area contributed by atoms with Crippen LogP contribution in [0.1, 0.15) is 6.42 Å². The van der Waals surface area contributed by atoms with Crippen molar-refractivity contribution in [2.45, 2.75) is 17.4 Å². The van der Waals surface area contributed by atoms with Gasteiger partial charge in [-0.05, 0) is 28.4 Å². The minimum absolute atomic E-state index is 0.113. The van der Waals surface area contributed by atoms with Crippen LogP contribution in [-0.4, -0.2) is 46.1 Å². The maximum absolute atomic E-state index is 12.6. The SMILES string of the molecule is COc1cc(OC)c(S(=O)(=O)N2CCC(N)C2)cc1Br. The van der Waals surface area contributed by atoms with Crippen LogP contribution < -0.4 is 15.2 Å². The predicted molar refractivity (Wildman–Crippen MR) is 78.6 cm³/mol. The molecule has 2 rings (SSSR count). The van der Waals surface area contributed by atoms with Crippen molar-refractivity contribution in [2.75, 3.05) is 27.3 Å². The summed E-state index contributed by atoms with van der Waals surface area (Å²) in [6.45, 7) is 0.755. The van der Waals surface area contributed by atoms with Crippen molar-refractivity contribution in [1.82, 2.24) is 4.31 Å². The van der Waals surface area contributed by atoms with Gasteiger partial charge in [0.05, 0.1) is 18.7 Å². The molecule has 0 spiro atoms. The summed E-state index contributed by atoms with van der Waals surface area (Å²) in [6.07, 6.45) is 0.666. The van der Waals surface area contributed by atoms with Crippen molar-refractivity contribution < 1.29 is 17.9 Å². The topological polar surface area (TPSA) is 81.9 Å². The van der Waals surface area contributed by atoms with Gasteiger partial charge in [-0.2, -0.15) is 4.31 Å². The molecule has 1 atom stereocenters. The Kier molecular flexibility index (Phi) is 4.58. The lowest BCUT2D eigenvalue weighted by atomic mass is 10.3. The number of sulfonamides is 1. The maximum atomic E-state index is 12.6. The second-order valence-corrected chi connectivity index (χ2v) is 7.31. The molecule has 1 aliphatic heterocycles. The molecule has 1 fully saturated rings. The Morgan fingerprint density at radius 3 is 2.45 bits per heavy atom. The largest absolute Gasteiger partial charge is 0.495 e. The number of nitrogens with two attached hydrogens (primary N) is 1. The van der Waals surface area contributed by atoms with E-state index in [1.54, 1.807) is 6.07 Å². The third-order valence-corrected chi connectivity index (χ3v) is 5.75. The fourth-order valence-corrected chi connectivity index (χ4v) is 4.48. The van der Waals surface area contributed by atoms with Crippen LogP contribution >= 0.6 is 15.9 Å². The number of hydrogen-bond donors (Lipinski definition) is 1. The number of nitrogens with zero attached hydrogens (tertiary/aromatic N) is 1. The molecular formula is C12H17BrN2O4S. The summed E-state index contributed by atoms with van der Waals surface area (Å²) in [7, 11) is -0.684. The summed E-state index contributed by atoms with van der Waals surface area (Å²) < 4.78 is 37.5. The highest BCUT2D eigenvalue weighted by molar-refractivity contribution is 9.10. The molecule has 1 aliphatic rings. The fraction of sp³-hybridized carbons (Fsp3) is 0.500. The van der Waals surface area contributed by atoms with Gasteiger partial charge in [0.2, 0.25) is 10.0 Å². The molecule has 1 aromatic rings. The van der Waals surface area contributed by atoms with Gasteiger partial charge < -0.3 is 15.2 Å². The zero-order chi connectivity index (χ0) is 14.9. The number of rotatable bonds is 4. The van der Waals surface area contributed by atoms with Crippen LogP contribution in [0.15, 0.2) is 21.5 Å². The van der Waals surface area contributed by atoms with E-state index < -0.39 is 10.0 Å². The Bertz CT molecular complexity index is 606. The van der Waals surface area contributed by atoms with E-state index in [2.05, 4.69) is 15.9 Å². The highest BCUT2D eigenvalue weighted by atomic mass is 79.9. The lowest BCUT2D eigenvalue weighted by molar-refractivity contribution is 0.382. The van der Waals surface area contributed by atoms with Crippen LogP contribution in [0.25, 0.3) is 0 Å². The Morgan fingerprint density at radius 1 is 1.30 bits per heavy atom. The molecule has 1 saturated heterocycles. The van der Waals surface area contributed by atoms with Gasteiger partial charge in [0.25, 0.3) is 0 Å². The van der Waals surface area contributed by atoms with E-state index in [4.69, 9.17) is 15.2 Å². The molecule has 112 valence electrons. The maximum Gasteiger partial charge on any atom is 0.246 e. The van der Waals surface area contributed by atoms with Crippen LogP contribution in [0.4, 0.5) is 0 Å². The van der Waals surface area contributed by atoms with Crippen LogP contribution in [0.2, 0.25) is 0 Å². The average molecular weight is 365 g/mol. The van der Waals surface area contributed by atoms with Gasteiger partial charge in [0.1, 0.15) is 16.4 Å². The first-order valence-corrected chi connectivity index (χ1v) is 8.30. The summed E-state index contributed by atoms with van der Waals surface area (Å²) in [5, 5.41) is 0. The quantitative estimate of drug-likeness (QED) is 0.867. The van der Waals surface area contributed by atoms with Crippen molar-refractivity contribution in [3.63, 3.8) is 0 Å². The Morgan fingerprint density at radius 2 is 1.95 bits per heavy atom. The molecular weight excluding hydrogens is 348 g/mol.